The lowest BCUT2D eigenvalue weighted by atomic mass is 9.79. The van der Waals surface area contributed by atoms with E-state index in [1.165, 1.54) is 24.3 Å². The summed E-state index contributed by atoms with van der Waals surface area (Å²) < 4.78 is 26.3. The number of carbonyl (C=O) groups is 1. The fourth-order valence-electron chi connectivity index (χ4n) is 3.70. The van der Waals surface area contributed by atoms with Crippen LogP contribution in [0, 0.1) is 12.3 Å². The van der Waals surface area contributed by atoms with Crippen molar-refractivity contribution in [2.45, 2.75) is 62.6 Å². The molecule has 0 radical (unpaired) electrons. The van der Waals surface area contributed by atoms with Crippen LogP contribution >= 0.6 is 0 Å². The molecule has 0 unspecified atom stereocenters. The molecule has 0 bridgehead atoms. The molecule has 6 nitrogen and oxygen atoms in total. The van der Waals surface area contributed by atoms with Crippen molar-refractivity contribution in [1.29, 1.82) is 0 Å². The van der Waals surface area contributed by atoms with Crippen molar-refractivity contribution < 1.29 is 13.2 Å². The fourth-order valence-corrected chi connectivity index (χ4v) is 4.63. The Morgan fingerprint density at radius 2 is 1.73 bits per heavy atom. The molecule has 1 aliphatic heterocycles. The predicted molar refractivity (Wildman–Crippen MR) is 102 cm³/mol. The zero-order valence-corrected chi connectivity index (χ0v) is 16.5. The van der Waals surface area contributed by atoms with Crippen LogP contribution in [-0.4, -0.2) is 38.0 Å². The number of benzene rings is 1. The third kappa shape index (κ3) is 5.31. The smallest absolute Gasteiger partial charge is 0.251 e. The summed E-state index contributed by atoms with van der Waals surface area (Å²) in [5, 5.41) is 6.65. The lowest BCUT2D eigenvalue weighted by Gasteiger charge is -2.46. The lowest BCUT2D eigenvalue weighted by molar-refractivity contribution is 0.0873. The molecule has 1 heterocycles. The summed E-state index contributed by atoms with van der Waals surface area (Å²) >= 11 is 0. The molecule has 3 N–H and O–H groups in total. The van der Waals surface area contributed by atoms with Crippen molar-refractivity contribution in [2.75, 3.05) is 6.54 Å². The molecular weight excluding hydrogens is 350 g/mol. The predicted octanol–water partition coefficient (Wildman–Crippen LogP) is 1.64. The number of piperidine rings is 1. The van der Waals surface area contributed by atoms with Gasteiger partial charge in [-0.2, -0.15) is 4.72 Å². The Hall–Kier alpha value is -1.88. The van der Waals surface area contributed by atoms with Crippen LogP contribution in [0.2, 0.25) is 0 Å². The quantitative estimate of drug-likeness (QED) is 0.681. The summed E-state index contributed by atoms with van der Waals surface area (Å²) in [4.78, 5) is 12.6. The Morgan fingerprint density at radius 1 is 1.19 bits per heavy atom. The average Bonchev–Trinajstić information content (AvgIpc) is 2.50. The fraction of sp³-hybridized carbons (Fsp3) is 0.526. The van der Waals surface area contributed by atoms with Gasteiger partial charge in [0, 0.05) is 22.7 Å². The molecule has 0 saturated carbocycles. The molecule has 26 heavy (non-hydrogen) atoms. The molecule has 1 aliphatic rings. The first kappa shape index (κ1) is 20.4. The number of hydrogen-bond acceptors (Lipinski definition) is 4. The normalized spacial score (nSPS) is 19.5. The zero-order chi connectivity index (χ0) is 19.6. The highest BCUT2D eigenvalue weighted by atomic mass is 32.2. The molecule has 1 saturated heterocycles. The number of terminal acetylenes is 1. The Labute approximate surface area is 156 Å². The van der Waals surface area contributed by atoms with Gasteiger partial charge in [0.1, 0.15) is 0 Å². The van der Waals surface area contributed by atoms with Crippen LogP contribution in [0.15, 0.2) is 29.2 Å². The second-order valence-electron chi connectivity index (χ2n) is 8.02. The van der Waals surface area contributed by atoms with E-state index >= 15 is 0 Å². The maximum Gasteiger partial charge on any atom is 0.251 e. The van der Waals surface area contributed by atoms with E-state index < -0.39 is 10.0 Å². The van der Waals surface area contributed by atoms with Gasteiger partial charge in [0.05, 0.1) is 11.4 Å². The molecule has 0 aliphatic carbocycles. The van der Waals surface area contributed by atoms with Gasteiger partial charge >= 0.3 is 0 Å². The maximum absolute atomic E-state index is 12.5. The van der Waals surface area contributed by atoms with Crippen molar-refractivity contribution in [3.63, 3.8) is 0 Å². The first-order chi connectivity index (χ1) is 11.9. The van der Waals surface area contributed by atoms with Gasteiger partial charge in [-0.15, -0.1) is 6.42 Å². The van der Waals surface area contributed by atoms with Crippen LogP contribution in [0.3, 0.4) is 0 Å². The van der Waals surface area contributed by atoms with Gasteiger partial charge in [-0.1, -0.05) is 5.92 Å². The highest BCUT2D eigenvalue weighted by Gasteiger charge is 2.38. The third-order valence-corrected chi connectivity index (χ3v) is 5.73. The third-order valence-electron chi connectivity index (χ3n) is 4.32. The maximum atomic E-state index is 12.5. The van der Waals surface area contributed by atoms with E-state index in [1.54, 1.807) is 0 Å². The Morgan fingerprint density at radius 3 is 2.23 bits per heavy atom. The van der Waals surface area contributed by atoms with Crippen molar-refractivity contribution in [3.05, 3.63) is 29.8 Å². The van der Waals surface area contributed by atoms with E-state index in [0.29, 0.717) is 5.56 Å². The largest absolute Gasteiger partial charge is 0.349 e. The number of hydrogen-bond donors (Lipinski definition) is 3. The SMILES string of the molecule is C#CCNS(=O)(=O)c1ccc(C(=O)NC2CC(C)(C)NC(C)(C)C2)cc1. The Bertz CT molecular complexity index is 789. The second kappa shape index (κ2) is 7.39. The van der Waals surface area contributed by atoms with Gasteiger partial charge in [0.15, 0.2) is 0 Å². The molecule has 1 fully saturated rings. The van der Waals surface area contributed by atoms with Crippen LogP contribution in [0.5, 0.6) is 0 Å². The minimum atomic E-state index is -3.66. The van der Waals surface area contributed by atoms with Gasteiger partial charge in [-0.3, -0.25) is 4.79 Å². The first-order valence-corrected chi connectivity index (χ1v) is 10.1. The summed E-state index contributed by atoms with van der Waals surface area (Å²) in [5.41, 5.74) is 0.288. The summed E-state index contributed by atoms with van der Waals surface area (Å²) in [7, 11) is -3.66. The van der Waals surface area contributed by atoms with Crippen molar-refractivity contribution in [2.24, 2.45) is 0 Å². The van der Waals surface area contributed by atoms with E-state index in [2.05, 4.69) is 49.0 Å². The van der Waals surface area contributed by atoms with Crippen LogP contribution in [0.1, 0.15) is 50.9 Å². The standard InChI is InChI=1S/C19H27N3O3S/c1-6-11-20-26(24,25)16-9-7-14(8-10-16)17(23)21-15-12-18(2,3)22-19(4,5)13-15/h1,7-10,15,20,22H,11-13H2,2-5H3,(H,21,23). The van der Waals surface area contributed by atoms with Crippen molar-refractivity contribution in [3.8, 4) is 12.3 Å². The number of sulfonamides is 1. The molecule has 1 aromatic rings. The number of nitrogens with one attached hydrogen (secondary N) is 3. The van der Waals surface area contributed by atoms with E-state index in [-0.39, 0.29) is 34.5 Å². The summed E-state index contributed by atoms with van der Waals surface area (Å²) in [6, 6.07) is 5.89. The number of rotatable bonds is 5. The summed E-state index contributed by atoms with van der Waals surface area (Å²) in [6.07, 6.45) is 6.72. The van der Waals surface area contributed by atoms with Crippen molar-refractivity contribution >= 4 is 15.9 Å². The molecular formula is C19H27N3O3S. The highest BCUT2D eigenvalue weighted by molar-refractivity contribution is 7.89. The van der Waals surface area contributed by atoms with Crippen LogP contribution in [0.4, 0.5) is 0 Å². The van der Waals surface area contributed by atoms with Gasteiger partial charge in [0.2, 0.25) is 10.0 Å². The van der Waals surface area contributed by atoms with Gasteiger partial charge in [0.25, 0.3) is 5.91 Å². The monoisotopic (exact) mass is 377 g/mol. The molecule has 2 rings (SSSR count). The zero-order valence-electron chi connectivity index (χ0n) is 15.7. The number of carbonyl (C=O) groups excluding carboxylic acids is 1. The summed E-state index contributed by atoms with van der Waals surface area (Å²) in [6.45, 7) is 8.41. The van der Waals surface area contributed by atoms with Crippen LogP contribution in [0.25, 0.3) is 0 Å². The van der Waals surface area contributed by atoms with Crippen LogP contribution in [-0.2, 0) is 10.0 Å². The van der Waals surface area contributed by atoms with Gasteiger partial charge in [-0.05, 0) is 64.8 Å². The van der Waals surface area contributed by atoms with E-state index in [4.69, 9.17) is 6.42 Å². The molecule has 0 spiro atoms. The minimum Gasteiger partial charge on any atom is -0.349 e. The van der Waals surface area contributed by atoms with E-state index in [9.17, 15) is 13.2 Å². The number of amides is 1. The Balaban J connectivity index is 2.08. The lowest BCUT2D eigenvalue weighted by Crippen LogP contribution is -2.62. The summed E-state index contributed by atoms with van der Waals surface area (Å²) in [5.74, 6) is 2.02. The van der Waals surface area contributed by atoms with Crippen LogP contribution < -0.4 is 15.4 Å². The topological polar surface area (TPSA) is 87.3 Å². The van der Waals surface area contributed by atoms with Gasteiger partial charge in [-0.25, -0.2) is 8.42 Å². The molecule has 7 heteroatoms. The van der Waals surface area contributed by atoms with Crippen molar-refractivity contribution in [1.82, 2.24) is 15.4 Å². The molecule has 0 atom stereocenters. The highest BCUT2D eigenvalue weighted by Crippen LogP contribution is 2.28. The molecule has 1 amide bonds. The Kier molecular flexibility index (Phi) is 5.81. The minimum absolute atomic E-state index is 0.0504. The average molecular weight is 378 g/mol. The van der Waals surface area contributed by atoms with Gasteiger partial charge < -0.3 is 10.6 Å². The second-order valence-corrected chi connectivity index (χ2v) is 9.79. The molecule has 1 aromatic carbocycles. The first-order valence-electron chi connectivity index (χ1n) is 8.58. The molecule has 0 aromatic heterocycles. The molecule has 142 valence electrons. The van der Waals surface area contributed by atoms with E-state index in [0.717, 1.165) is 12.8 Å². The van der Waals surface area contributed by atoms with E-state index in [1.807, 2.05) is 0 Å².